The summed E-state index contributed by atoms with van der Waals surface area (Å²) in [4.78, 5) is 26.6. The predicted molar refractivity (Wildman–Crippen MR) is 103 cm³/mol. The molecule has 0 aromatic heterocycles. The molecule has 0 aliphatic carbocycles. The first kappa shape index (κ1) is 21.3. The van der Waals surface area contributed by atoms with Gasteiger partial charge in [-0.3, -0.25) is 4.79 Å². The van der Waals surface area contributed by atoms with E-state index in [1.54, 1.807) is 24.3 Å². The van der Waals surface area contributed by atoms with Gasteiger partial charge < -0.3 is 21.3 Å². The molecule has 2 unspecified atom stereocenters. The van der Waals surface area contributed by atoms with Crippen molar-refractivity contribution >= 4 is 30.0 Å². The van der Waals surface area contributed by atoms with Crippen molar-refractivity contribution in [3.05, 3.63) is 29.8 Å². The number of halogens is 1. The van der Waals surface area contributed by atoms with Gasteiger partial charge in [0, 0.05) is 35.9 Å². The van der Waals surface area contributed by atoms with Crippen LogP contribution in [0.25, 0.3) is 0 Å². The van der Waals surface area contributed by atoms with Gasteiger partial charge in [-0.1, -0.05) is 6.07 Å². The number of piperidine rings is 1. The Bertz CT molecular complexity index is 592. The zero-order chi connectivity index (χ0) is 17.7. The molecule has 1 aliphatic rings. The first-order valence-corrected chi connectivity index (χ1v) is 8.62. The number of hydrogen-bond acceptors (Lipinski definition) is 3. The third-order valence-electron chi connectivity index (χ3n) is 4.20. The molecule has 2 atom stereocenters. The average Bonchev–Trinajstić information content (AvgIpc) is 2.53. The SMILES string of the molecule is CC(C)NC(=O)Nc1cccc(C(=O)N2CCCCC2C(C)N)c1.Cl. The molecule has 7 heteroatoms. The summed E-state index contributed by atoms with van der Waals surface area (Å²) >= 11 is 0. The van der Waals surface area contributed by atoms with Crippen LogP contribution in [0, 0.1) is 0 Å². The summed E-state index contributed by atoms with van der Waals surface area (Å²) < 4.78 is 0. The van der Waals surface area contributed by atoms with Crippen molar-refractivity contribution in [1.29, 1.82) is 0 Å². The molecule has 1 saturated heterocycles. The van der Waals surface area contributed by atoms with Gasteiger partial charge in [-0.2, -0.15) is 0 Å². The van der Waals surface area contributed by atoms with Gasteiger partial charge in [-0.15, -0.1) is 12.4 Å². The van der Waals surface area contributed by atoms with Crippen molar-refractivity contribution < 1.29 is 9.59 Å². The lowest BCUT2D eigenvalue weighted by molar-refractivity contribution is 0.0584. The highest BCUT2D eigenvalue weighted by atomic mass is 35.5. The second-order valence-electron chi connectivity index (χ2n) is 6.75. The van der Waals surface area contributed by atoms with Crippen molar-refractivity contribution in [2.75, 3.05) is 11.9 Å². The molecule has 3 amide bonds. The maximum absolute atomic E-state index is 12.9. The minimum atomic E-state index is -0.277. The highest BCUT2D eigenvalue weighted by Crippen LogP contribution is 2.22. The Morgan fingerprint density at radius 2 is 1.96 bits per heavy atom. The van der Waals surface area contributed by atoms with E-state index < -0.39 is 0 Å². The minimum absolute atomic E-state index is 0. The van der Waals surface area contributed by atoms with Crippen molar-refractivity contribution in [2.45, 2.75) is 58.2 Å². The number of anilines is 1. The van der Waals surface area contributed by atoms with E-state index in [1.807, 2.05) is 25.7 Å². The number of urea groups is 1. The molecular weight excluding hydrogens is 340 g/mol. The standard InChI is InChI=1S/C18H28N4O2.ClH/c1-12(2)20-18(24)21-15-8-6-7-14(11-15)17(23)22-10-5-4-9-16(22)13(3)19;/h6-8,11-13,16H,4-5,9-10,19H2,1-3H3,(H2,20,21,24);1H. The molecule has 1 heterocycles. The van der Waals surface area contributed by atoms with Crippen LogP contribution >= 0.6 is 12.4 Å². The first-order valence-electron chi connectivity index (χ1n) is 8.62. The van der Waals surface area contributed by atoms with E-state index in [-0.39, 0.29) is 42.5 Å². The van der Waals surface area contributed by atoms with Crippen LogP contribution in [0.3, 0.4) is 0 Å². The Balaban J connectivity index is 0.00000312. The molecule has 1 aromatic carbocycles. The van der Waals surface area contributed by atoms with Gasteiger partial charge in [-0.05, 0) is 58.2 Å². The molecule has 1 aromatic rings. The van der Waals surface area contributed by atoms with Gasteiger partial charge in [0.25, 0.3) is 5.91 Å². The Morgan fingerprint density at radius 1 is 1.24 bits per heavy atom. The zero-order valence-corrected chi connectivity index (χ0v) is 15.9. The Kier molecular flexibility index (Phi) is 8.19. The molecule has 0 spiro atoms. The van der Waals surface area contributed by atoms with E-state index in [0.29, 0.717) is 11.3 Å². The van der Waals surface area contributed by atoms with Crippen LogP contribution < -0.4 is 16.4 Å². The van der Waals surface area contributed by atoms with Crippen LogP contribution in [-0.4, -0.2) is 41.5 Å². The number of nitrogens with zero attached hydrogens (tertiary/aromatic N) is 1. The molecule has 2 rings (SSSR count). The topological polar surface area (TPSA) is 87.5 Å². The predicted octanol–water partition coefficient (Wildman–Crippen LogP) is 2.98. The van der Waals surface area contributed by atoms with Crippen LogP contribution in [0.4, 0.5) is 10.5 Å². The summed E-state index contributed by atoms with van der Waals surface area (Å²) in [5.41, 5.74) is 7.24. The normalized spacial score (nSPS) is 18.3. The Morgan fingerprint density at radius 3 is 2.60 bits per heavy atom. The van der Waals surface area contributed by atoms with Crippen LogP contribution in [0.5, 0.6) is 0 Å². The fraction of sp³-hybridized carbons (Fsp3) is 0.556. The quantitative estimate of drug-likeness (QED) is 0.763. The summed E-state index contributed by atoms with van der Waals surface area (Å²) in [6.45, 7) is 6.47. The number of likely N-dealkylation sites (tertiary alicyclic amines) is 1. The van der Waals surface area contributed by atoms with Gasteiger partial charge in [-0.25, -0.2) is 4.79 Å². The number of nitrogens with one attached hydrogen (secondary N) is 2. The second kappa shape index (κ2) is 9.63. The highest BCUT2D eigenvalue weighted by Gasteiger charge is 2.29. The monoisotopic (exact) mass is 368 g/mol. The molecule has 1 fully saturated rings. The fourth-order valence-corrected chi connectivity index (χ4v) is 3.08. The van der Waals surface area contributed by atoms with E-state index >= 15 is 0 Å². The van der Waals surface area contributed by atoms with E-state index in [9.17, 15) is 9.59 Å². The molecule has 4 N–H and O–H groups in total. The maximum atomic E-state index is 12.9. The Hall–Kier alpha value is -1.79. The lowest BCUT2D eigenvalue weighted by Crippen LogP contribution is -2.51. The van der Waals surface area contributed by atoms with E-state index in [1.165, 1.54) is 0 Å². The third-order valence-corrected chi connectivity index (χ3v) is 4.20. The zero-order valence-electron chi connectivity index (χ0n) is 15.1. The molecular formula is C18H29ClN4O2. The third kappa shape index (κ3) is 5.90. The minimum Gasteiger partial charge on any atom is -0.336 e. The van der Waals surface area contributed by atoms with Crippen molar-refractivity contribution in [1.82, 2.24) is 10.2 Å². The molecule has 0 radical (unpaired) electrons. The van der Waals surface area contributed by atoms with Gasteiger partial charge in [0.2, 0.25) is 0 Å². The van der Waals surface area contributed by atoms with Gasteiger partial charge in [0.05, 0.1) is 0 Å². The van der Waals surface area contributed by atoms with Crippen LogP contribution in [0.2, 0.25) is 0 Å². The van der Waals surface area contributed by atoms with Crippen LogP contribution in [-0.2, 0) is 0 Å². The second-order valence-corrected chi connectivity index (χ2v) is 6.75. The van der Waals surface area contributed by atoms with Crippen molar-refractivity contribution in [3.63, 3.8) is 0 Å². The van der Waals surface area contributed by atoms with Crippen molar-refractivity contribution in [2.24, 2.45) is 5.73 Å². The van der Waals surface area contributed by atoms with Crippen molar-refractivity contribution in [3.8, 4) is 0 Å². The number of hydrogen-bond donors (Lipinski definition) is 3. The van der Waals surface area contributed by atoms with Gasteiger partial charge >= 0.3 is 6.03 Å². The summed E-state index contributed by atoms with van der Waals surface area (Å²) in [7, 11) is 0. The molecule has 140 valence electrons. The smallest absolute Gasteiger partial charge is 0.319 e. The Labute approximate surface area is 155 Å². The number of rotatable bonds is 4. The number of nitrogens with two attached hydrogens (primary N) is 1. The molecule has 0 bridgehead atoms. The largest absolute Gasteiger partial charge is 0.336 e. The van der Waals surface area contributed by atoms with E-state index in [0.717, 1.165) is 25.8 Å². The molecule has 0 saturated carbocycles. The lowest BCUT2D eigenvalue weighted by atomic mass is 9.96. The summed E-state index contributed by atoms with van der Waals surface area (Å²) in [6, 6.07) is 6.85. The molecule has 25 heavy (non-hydrogen) atoms. The molecule has 1 aliphatic heterocycles. The number of benzene rings is 1. The maximum Gasteiger partial charge on any atom is 0.319 e. The average molecular weight is 369 g/mol. The van der Waals surface area contributed by atoms with Gasteiger partial charge in [0.15, 0.2) is 0 Å². The van der Waals surface area contributed by atoms with E-state index in [2.05, 4.69) is 10.6 Å². The van der Waals surface area contributed by atoms with E-state index in [4.69, 9.17) is 5.73 Å². The highest BCUT2D eigenvalue weighted by molar-refractivity contribution is 5.97. The van der Waals surface area contributed by atoms with Gasteiger partial charge in [0.1, 0.15) is 0 Å². The first-order chi connectivity index (χ1) is 11.4. The summed E-state index contributed by atoms with van der Waals surface area (Å²) in [5, 5.41) is 5.52. The summed E-state index contributed by atoms with van der Waals surface area (Å²) in [5.74, 6) is -0.0232. The lowest BCUT2D eigenvalue weighted by Gasteiger charge is -2.38. The van der Waals surface area contributed by atoms with Crippen LogP contribution in [0.15, 0.2) is 24.3 Å². The van der Waals surface area contributed by atoms with Crippen LogP contribution in [0.1, 0.15) is 50.4 Å². The molecule has 6 nitrogen and oxygen atoms in total. The number of amides is 3. The summed E-state index contributed by atoms with van der Waals surface area (Å²) in [6.07, 6.45) is 3.05. The fourth-order valence-electron chi connectivity index (χ4n) is 3.08. The number of carbonyl (C=O) groups excluding carboxylic acids is 2. The number of carbonyl (C=O) groups is 2.